The van der Waals surface area contributed by atoms with Crippen molar-refractivity contribution < 1.29 is 13.6 Å². The highest BCUT2D eigenvalue weighted by Gasteiger charge is 2.51. The van der Waals surface area contributed by atoms with Gasteiger partial charge in [0.15, 0.2) is 11.6 Å². The van der Waals surface area contributed by atoms with E-state index in [0.717, 1.165) is 49.9 Å². The molecule has 1 saturated carbocycles. The van der Waals surface area contributed by atoms with Gasteiger partial charge in [0.2, 0.25) is 5.91 Å². The number of halogens is 3. The number of nitrogens with zero attached hydrogens (tertiary/aromatic N) is 1. The Balaban J connectivity index is 1.30. The molecule has 2 fully saturated rings. The van der Waals surface area contributed by atoms with Crippen LogP contribution in [0.4, 0.5) is 8.78 Å². The standard InChI is InChI=1S/C22H23ClF2N2O/c23-17-4-2-16(3-5-17)22(9-10-22)21(28)26-18-7-11-27(12-8-18)14-15-1-6-19(24)20(25)13-15/h1-6,13,18H,7-12,14H2,(H,26,28). The number of benzene rings is 2. The number of hydrogen-bond donors (Lipinski definition) is 1. The molecule has 3 nitrogen and oxygen atoms in total. The van der Waals surface area contributed by atoms with Crippen molar-refractivity contribution in [2.45, 2.75) is 43.7 Å². The van der Waals surface area contributed by atoms with Gasteiger partial charge in [-0.05, 0) is 61.1 Å². The summed E-state index contributed by atoms with van der Waals surface area (Å²) in [5.74, 6) is -1.52. The van der Waals surface area contributed by atoms with Crippen molar-refractivity contribution in [3.63, 3.8) is 0 Å². The molecule has 0 spiro atoms. The second kappa shape index (κ2) is 7.80. The predicted molar refractivity (Wildman–Crippen MR) is 105 cm³/mol. The fourth-order valence-corrected chi connectivity index (χ4v) is 4.12. The van der Waals surface area contributed by atoms with Gasteiger partial charge in [-0.25, -0.2) is 8.78 Å². The van der Waals surface area contributed by atoms with Gasteiger partial charge in [-0.15, -0.1) is 0 Å². The molecule has 1 aliphatic carbocycles. The van der Waals surface area contributed by atoms with E-state index >= 15 is 0 Å². The first kappa shape index (κ1) is 19.3. The van der Waals surface area contributed by atoms with Gasteiger partial charge in [-0.3, -0.25) is 9.69 Å². The summed E-state index contributed by atoms with van der Waals surface area (Å²) < 4.78 is 26.4. The number of hydrogen-bond acceptors (Lipinski definition) is 2. The van der Waals surface area contributed by atoms with Crippen molar-refractivity contribution in [2.75, 3.05) is 13.1 Å². The smallest absolute Gasteiger partial charge is 0.230 e. The molecule has 0 bridgehead atoms. The van der Waals surface area contributed by atoms with E-state index in [2.05, 4.69) is 10.2 Å². The van der Waals surface area contributed by atoms with Gasteiger partial charge in [-0.1, -0.05) is 29.8 Å². The summed E-state index contributed by atoms with van der Waals surface area (Å²) in [6.07, 6.45) is 3.45. The Morgan fingerprint density at radius 3 is 2.36 bits per heavy atom. The molecule has 1 heterocycles. The summed E-state index contributed by atoms with van der Waals surface area (Å²) in [5.41, 5.74) is 1.40. The quantitative estimate of drug-likeness (QED) is 0.799. The number of likely N-dealkylation sites (tertiary alicyclic amines) is 1. The Morgan fingerprint density at radius 2 is 1.75 bits per heavy atom. The van der Waals surface area contributed by atoms with Crippen molar-refractivity contribution in [1.29, 1.82) is 0 Å². The third-order valence-corrected chi connectivity index (χ3v) is 6.15. The van der Waals surface area contributed by atoms with Crippen LogP contribution in [0, 0.1) is 11.6 Å². The Bertz CT molecular complexity index is 859. The SMILES string of the molecule is O=C(NC1CCN(Cc2ccc(F)c(F)c2)CC1)C1(c2ccc(Cl)cc2)CC1. The molecule has 0 atom stereocenters. The highest BCUT2D eigenvalue weighted by atomic mass is 35.5. The van der Waals surface area contributed by atoms with E-state index in [4.69, 9.17) is 11.6 Å². The van der Waals surface area contributed by atoms with Crippen LogP contribution in [0.2, 0.25) is 5.02 Å². The highest BCUT2D eigenvalue weighted by molar-refractivity contribution is 6.30. The summed E-state index contributed by atoms with van der Waals surface area (Å²) in [7, 11) is 0. The third kappa shape index (κ3) is 4.06. The minimum Gasteiger partial charge on any atom is -0.353 e. The second-order valence-corrected chi connectivity index (χ2v) is 8.30. The van der Waals surface area contributed by atoms with E-state index in [1.165, 1.54) is 12.1 Å². The van der Waals surface area contributed by atoms with Crippen LogP contribution in [0.5, 0.6) is 0 Å². The van der Waals surface area contributed by atoms with Gasteiger partial charge in [0.25, 0.3) is 0 Å². The number of nitrogens with one attached hydrogen (secondary N) is 1. The molecule has 1 N–H and O–H groups in total. The van der Waals surface area contributed by atoms with Crippen LogP contribution < -0.4 is 5.32 Å². The third-order valence-electron chi connectivity index (χ3n) is 5.89. The van der Waals surface area contributed by atoms with Gasteiger partial charge >= 0.3 is 0 Å². The number of rotatable bonds is 5. The molecule has 6 heteroatoms. The van der Waals surface area contributed by atoms with Crippen molar-refractivity contribution in [3.05, 3.63) is 70.2 Å². The van der Waals surface area contributed by atoms with Crippen molar-refractivity contribution >= 4 is 17.5 Å². The first-order chi connectivity index (χ1) is 13.5. The van der Waals surface area contributed by atoms with Gasteiger partial charge in [0.05, 0.1) is 5.41 Å². The molecule has 2 aromatic rings. The summed E-state index contributed by atoms with van der Waals surface area (Å²) in [5, 5.41) is 3.90. The second-order valence-electron chi connectivity index (χ2n) is 7.86. The Kier molecular flexibility index (Phi) is 5.39. The van der Waals surface area contributed by atoms with Crippen LogP contribution in [0.15, 0.2) is 42.5 Å². The summed E-state index contributed by atoms with van der Waals surface area (Å²) in [4.78, 5) is 15.1. The lowest BCUT2D eigenvalue weighted by atomic mass is 9.94. The first-order valence-electron chi connectivity index (χ1n) is 9.69. The monoisotopic (exact) mass is 404 g/mol. The lowest BCUT2D eigenvalue weighted by Crippen LogP contribution is -2.47. The molecular formula is C22H23ClF2N2O. The summed E-state index contributed by atoms with van der Waals surface area (Å²) in [6, 6.07) is 11.8. The molecule has 2 aromatic carbocycles. The van der Waals surface area contributed by atoms with Crippen molar-refractivity contribution in [2.24, 2.45) is 0 Å². The average Bonchev–Trinajstić information content (AvgIpc) is 3.49. The van der Waals surface area contributed by atoms with E-state index in [9.17, 15) is 13.6 Å². The normalized spacial score (nSPS) is 19.4. The zero-order valence-corrected chi connectivity index (χ0v) is 16.3. The molecular weight excluding hydrogens is 382 g/mol. The van der Waals surface area contributed by atoms with Crippen LogP contribution in [-0.4, -0.2) is 29.9 Å². The maximum atomic E-state index is 13.4. The summed E-state index contributed by atoms with van der Waals surface area (Å²) in [6.45, 7) is 2.22. The molecule has 0 radical (unpaired) electrons. The molecule has 1 saturated heterocycles. The van der Waals surface area contributed by atoms with Crippen LogP contribution in [-0.2, 0) is 16.8 Å². The highest BCUT2D eigenvalue weighted by Crippen LogP contribution is 2.48. The van der Waals surface area contributed by atoms with E-state index in [-0.39, 0.29) is 11.9 Å². The van der Waals surface area contributed by atoms with E-state index < -0.39 is 17.0 Å². The Hall–Kier alpha value is -1.98. The maximum Gasteiger partial charge on any atom is 0.230 e. The van der Waals surface area contributed by atoms with E-state index in [0.29, 0.717) is 11.6 Å². The van der Waals surface area contributed by atoms with Crippen LogP contribution in [0.1, 0.15) is 36.8 Å². The van der Waals surface area contributed by atoms with Gasteiger partial charge in [-0.2, -0.15) is 0 Å². The minimum absolute atomic E-state index is 0.105. The lowest BCUT2D eigenvalue weighted by molar-refractivity contribution is -0.124. The topological polar surface area (TPSA) is 32.3 Å². The molecule has 28 heavy (non-hydrogen) atoms. The number of piperidine rings is 1. The molecule has 1 amide bonds. The van der Waals surface area contributed by atoms with E-state index in [1.54, 1.807) is 6.07 Å². The molecule has 148 valence electrons. The van der Waals surface area contributed by atoms with Crippen LogP contribution in [0.3, 0.4) is 0 Å². The molecule has 0 aromatic heterocycles. The fraction of sp³-hybridized carbons (Fsp3) is 0.409. The number of carbonyl (C=O) groups excluding carboxylic acids is 1. The molecule has 4 rings (SSSR count). The Labute approximate surface area is 168 Å². The Morgan fingerprint density at radius 1 is 1.07 bits per heavy atom. The first-order valence-corrected chi connectivity index (χ1v) is 10.1. The predicted octanol–water partition coefficient (Wildman–Crippen LogP) is 4.43. The maximum absolute atomic E-state index is 13.4. The molecule has 1 aliphatic heterocycles. The lowest BCUT2D eigenvalue weighted by Gasteiger charge is -2.33. The van der Waals surface area contributed by atoms with E-state index in [1.807, 2.05) is 24.3 Å². The van der Waals surface area contributed by atoms with Crippen LogP contribution >= 0.6 is 11.6 Å². The molecule has 2 aliphatic rings. The summed E-state index contributed by atoms with van der Waals surface area (Å²) >= 11 is 5.96. The van der Waals surface area contributed by atoms with Gasteiger partial charge in [0.1, 0.15) is 0 Å². The van der Waals surface area contributed by atoms with Gasteiger partial charge < -0.3 is 5.32 Å². The van der Waals surface area contributed by atoms with Crippen molar-refractivity contribution in [1.82, 2.24) is 10.2 Å². The largest absolute Gasteiger partial charge is 0.353 e. The minimum atomic E-state index is -0.820. The number of carbonyl (C=O) groups is 1. The fourth-order valence-electron chi connectivity index (χ4n) is 4.00. The van der Waals surface area contributed by atoms with Crippen LogP contribution in [0.25, 0.3) is 0 Å². The zero-order valence-electron chi connectivity index (χ0n) is 15.6. The zero-order chi connectivity index (χ0) is 19.7. The van der Waals surface area contributed by atoms with Crippen molar-refractivity contribution in [3.8, 4) is 0 Å². The average molecular weight is 405 g/mol. The molecule has 0 unspecified atom stereocenters. The number of amides is 1. The van der Waals surface area contributed by atoms with Gasteiger partial charge in [0, 0.05) is 30.7 Å².